The van der Waals surface area contributed by atoms with Crippen LogP contribution >= 0.6 is 0 Å². The summed E-state index contributed by atoms with van der Waals surface area (Å²) in [6.45, 7) is 8.52. The van der Waals surface area contributed by atoms with Crippen molar-refractivity contribution in [1.29, 1.82) is 0 Å². The van der Waals surface area contributed by atoms with Crippen LogP contribution in [0.15, 0.2) is 56.6 Å². The topological polar surface area (TPSA) is 70.8 Å². The van der Waals surface area contributed by atoms with Gasteiger partial charge in [0, 0.05) is 44.2 Å². The summed E-state index contributed by atoms with van der Waals surface area (Å²) in [6.07, 6.45) is 0.876. The standard InChI is InChI=1S/C24H28N2O4S/c1-4-19-6-7-21-20(15-24(27)30-22(21)14-19)16-25-9-11-26(12-10-25)31(28,29)23-8-5-17(2)13-18(23)3/h5-8,13-15H,4,9-12,16H2,1-3H3. The van der Waals surface area contributed by atoms with Crippen molar-refractivity contribution in [3.63, 3.8) is 0 Å². The summed E-state index contributed by atoms with van der Waals surface area (Å²) in [5.74, 6) is 0. The first-order valence-corrected chi connectivity index (χ1v) is 12.1. The van der Waals surface area contributed by atoms with E-state index in [1.54, 1.807) is 16.4 Å². The minimum absolute atomic E-state index is 0.355. The summed E-state index contributed by atoms with van der Waals surface area (Å²) in [6, 6.07) is 13.0. The number of hydrogen-bond donors (Lipinski definition) is 0. The lowest BCUT2D eigenvalue weighted by Gasteiger charge is -2.34. The number of rotatable bonds is 5. The van der Waals surface area contributed by atoms with E-state index in [4.69, 9.17) is 4.42 Å². The van der Waals surface area contributed by atoms with Gasteiger partial charge in [-0.15, -0.1) is 0 Å². The van der Waals surface area contributed by atoms with Crippen molar-refractivity contribution in [2.45, 2.75) is 38.6 Å². The number of hydrogen-bond acceptors (Lipinski definition) is 5. The molecule has 2 aromatic carbocycles. The third-order valence-corrected chi connectivity index (χ3v) is 8.04. The molecule has 0 unspecified atom stereocenters. The second kappa shape index (κ2) is 8.57. The van der Waals surface area contributed by atoms with Crippen LogP contribution < -0.4 is 5.63 Å². The number of aryl methyl sites for hydroxylation is 3. The van der Waals surface area contributed by atoms with Gasteiger partial charge in [0.15, 0.2) is 0 Å². The third-order valence-electron chi connectivity index (χ3n) is 5.98. The molecule has 1 aromatic heterocycles. The van der Waals surface area contributed by atoms with Crippen LogP contribution in [0.25, 0.3) is 11.0 Å². The second-order valence-electron chi connectivity index (χ2n) is 8.22. The fraction of sp³-hybridized carbons (Fsp3) is 0.375. The first kappa shape index (κ1) is 21.7. The van der Waals surface area contributed by atoms with Gasteiger partial charge in [0.1, 0.15) is 5.58 Å². The second-order valence-corrected chi connectivity index (χ2v) is 10.1. The van der Waals surface area contributed by atoms with E-state index < -0.39 is 10.0 Å². The Morgan fingerprint density at radius 3 is 2.39 bits per heavy atom. The molecule has 4 rings (SSSR count). The van der Waals surface area contributed by atoms with Crippen molar-refractivity contribution in [2.75, 3.05) is 26.2 Å². The molecular weight excluding hydrogens is 412 g/mol. The van der Waals surface area contributed by atoms with E-state index >= 15 is 0 Å². The molecular formula is C24H28N2O4S. The highest BCUT2D eigenvalue weighted by molar-refractivity contribution is 7.89. The smallest absolute Gasteiger partial charge is 0.336 e. The summed E-state index contributed by atoms with van der Waals surface area (Å²) in [4.78, 5) is 14.6. The molecule has 3 aromatic rings. The average Bonchev–Trinajstić information content (AvgIpc) is 2.73. The summed E-state index contributed by atoms with van der Waals surface area (Å²) in [5, 5.41) is 0.933. The maximum absolute atomic E-state index is 13.1. The Labute approximate surface area is 183 Å². The van der Waals surface area contributed by atoms with Crippen LogP contribution in [0.4, 0.5) is 0 Å². The highest BCUT2D eigenvalue weighted by Gasteiger charge is 2.29. The number of piperazine rings is 1. The van der Waals surface area contributed by atoms with E-state index in [2.05, 4.69) is 17.9 Å². The molecule has 6 nitrogen and oxygen atoms in total. The highest BCUT2D eigenvalue weighted by atomic mass is 32.2. The number of benzene rings is 2. The Hall–Kier alpha value is -2.48. The Morgan fingerprint density at radius 2 is 1.71 bits per heavy atom. The molecule has 0 amide bonds. The van der Waals surface area contributed by atoms with Crippen molar-refractivity contribution in [3.05, 3.63) is 75.1 Å². The summed E-state index contributed by atoms with van der Waals surface area (Å²) in [5.41, 5.74) is 4.12. The largest absolute Gasteiger partial charge is 0.423 e. The normalized spacial score (nSPS) is 16.1. The van der Waals surface area contributed by atoms with Crippen LogP contribution in [-0.2, 0) is 23.0 Å². The number of nitrogens with zero attached hydrogens (tertiary/aromatic N) is 2. The van der Waals surface area contributed by atoms with Gasteiger partial charge in [0.05, 0.1) is 4.90 Å². The number of sulfonamides is 1. The minimum Gasteiger partial charge on any atom is -0.423 e. The summed E-state index contributed by atoms with van der Waals surface area (Å²) < 4.78 is 33.2. The average molecular weight is 441 g/mol. The van der Waals surface area contributed by atoms with Crippen molar-refractivity contribution in [2.24, 2.45) is 0 Å². The molecule has 0 bridgehead atoms. The van der Waals surface area contributed by atoms with Crippen LogP contribution in [-0.4, -0.2) is 43.8 Å². The van der Waals surface area contributed by atoms with Crippen molar-refractivity contribution < 1.29 is 12.8 Å². The fourth-order valence-electron chi connectivity index (χ4n) is 4.22. The first-order chi connectivity index (χ1) is 14.8. The molecule has 0 aliphatic carbocycles. The Bertz CT molecular complexity index is 1270. The van der Waals surface area contributed by atoms with Gasteiger partial charge in [-0.05, 0) is 49.1 Å². The zero-order valence-electron chi connectivity index (χ0n) is 18.2. The molecule has 0 radical (unpaired) electrons. The summed E-state index contributed by atoms with van der Waals surface area (Å²) >= 11 is 0. The van der Waals surface area contributed by atoms with Gasteiger partial charge >= 0.3 is 5.63 Å². The predicted molar refractivity (Wildman–Crippen MR) is 122 cm³/mol. The van der Waals surface area contributed by atoms with E-state index in [0.717, 1.165) is 34.1 Å². The van der Waals surface area contributed by atoms with E-state index in [0.29, 0.717) is 43.2 Å². The highest BCUT2D eigenvalue weighted by Crippen LogP contribution is 2.24. The lowest BCUT2D eigenvalue weighted by atomic mass is 10.1. The maximum Gasteiger partial charge on any atom is 0.336 e. The Morgan fingerprint density at radius 1 is 0.968 bits per heavy atom. The molecule has 0 spiro atoms. The van der Waals surface area contributed by atoms with Gasteiger partial charge in [-0.2, -0.15) is 4.31 Å². The lowest BCUT2D eigenvalue weighted by Crippen LogP contribution is -2.48. The van der Waals surface area contributed by atoms with Gasteiger partial charge in [-0.1, -0.05) is 36.8 Å². The van der Waals surface area contributed by atoms with Crippen molar-refractivity contribution in [1.82, 2.24) is 9.21 Å². The minimum atomic E-state index is -3.51. The molecule has 164 valence electrons. The Kier molecular flexibility index (Phi) is 6.01. The predicted octanol–water partition coefficient (Wildman–Crippen LogP) is 3.48. The van der Waals surface area contributed by atoms with Gasteiger partial charge in [-0.25, -0.2) is 13.2 Å². The van der Waals surface area contributed by atoms with E-state index in [-0.39, 0.29) is 5.63 Å². The molecule has 0 atom stereocenters. The molecule has 1 saturated heterocycles. The molecule has 31 heavy (non-hydrogen) atoms. The fourth-order valence-corrected chi connectivity index (χ4v) is 5.85. The molecule has 1 aliphatic rings. The van der Waals surface area contributed by atoms with Crippen LogP contribution in [0, 0.1) is 13.8 Å². The summed E-state index contributed by atoms with van der Waals surface area (Å²) in [7, 11) is -3.51. The van der Waals surface area contributed by atoms with Crippen LogP contribution in [0.2, 0.25) is 0 Å². The maximum atomic E-state index is 13.1. The quantitative estimate of drug-likeness (QED) is 0.568. The molecule has 1 fully saturated rings. The van der Waals surface area contributed by atoms with Crippen LogP contribution in [0.1, 0.15) is 29.2 Å². The van der Waals surface area contributed by atoms with E-state index in [1.165, 1.54) is 0 Å². The van der Waals surface area contributed by atoms with E-state index in [9.17, 15) is 13.2 Å². The van der Waals surface area contributed by atoms with Crippen molar-refractivity contribution in [3.8, 4) is 0 Å². The van der Waals surface area contributed by atoms with Gasteiger partial charge < -0.3 is 4.42 Å². The molecule has 0 saturated carbocycles. The molecule has 2 heterocycles. The van der Waals surface area contributed by atoms with Crippen LogP contribution in [0.5, 0.6) is 0 Å². The van der Waals surface area contributed by atoms with Gasteiger partial charge in [0.25, 0.3) is 0 Å². The Balaban J connectivity index is 1.50. The van der Waals surface area contributed by atoms with E-state index in [1.807, 2.05) is 38.1 Å². The van der Waals surface area contributed by atoms with Gasteiger partial charge in [0.2, 0.25) is 10.0 Å². The lowest BCUT2D eigenvalue weighted by molar-refractivity contribution is 0.182. The SMILES string of the molecule is CCc1ccc2c(CN3CCN(S(=O)(=O)c4ccc(C)cc4C)CC3)cc(=O)oc2c1. The van der Waals surface area contributed by atoms with Crippen molar-refractivity contribution >= 4 is 21.0 Å². The molecule has 7 heteroatoms. The number of fused-ring (bicyclic) bond motifs is 1. The monoisotopic (exact) mass is 440 g/mol. The third kappa shape index (κ3) is 4.44. The zero-order valence-corrected chi connectivity index (χ0v) is 19.0. The molecule has 0 N–H and O–H groups in total. The van der Waals surface area contributed by atoms with Crippen LogP contribution in [0.3, 0.4) is 0 Å². The van der Waals surface area contributed by atoms with Gasteiger partial charge in [-0.3, -0.25) is 4.90 Å². The zero-order chi connectivity index (χ0) is 22.2. The first-order valence-electron chi connectivity index (χ1n) is 10.6. The molecule has 1 aliphatic heterocycles.